The zero-order chi connectivity index (χ0) is 13.6. The molecule has 0 rings (SSSR count). The van der Waals surface area contributed by atoms with Crippen molar-refractivity contribution in [3.05, 3.63) is 12.7 Å². The lowest BCUT2D eigenvalue weighted by atomic mass is 9.80. The monoisotopic (exact) mass is 240 g/mol. The molecule has 3 nitrogen and oxygen atoms in total. The average Bonchev–Trinajstić information content (AvgIpc) is 2.25. The van der Waals surface area contributed by atoms with E-state index in [1.54, 1.807) is 13.0 Å². The summed E-state index contributed by atoms with van der Waals surface area (Å²) in [5, 5.41) is 0. The summed E-state index contributed by atoms with van der Waals surface area (Å²) in [5.74, 6) is -0.518. The van der Waals surface area contributed by atoms with Gasteiger partial charge in [-0.05, 0) is 26.7 Å². The van der Waals surface area contributed by atoms with Crippen molar-refractivity contribution >= 4 is 11.8 Å². The molecule has 0 aromatic rings. The SMILES string of the molecule is C=CC(C)(C)C(=O)CC(C(=O)OCC)C(C)C. The second kappa shape index (κ2) is 6.58. The molecule has 0 aromatic heterocycles. The number of carbonyl (C=O) groups excluding carboxylic acids is 2. The van der Waals surface area contributed by atoms with E-state index in [4.69, 9.17) is 4.74 Å². The number of rotatable bonds is 7. The first-order chi connectivity index (χ1) is 7.76. The Morgan fingerprint density at radius 1 is 1.35 bits per heavy atom. The van der Waals surface area contributed by atoms with Gasteiger partial charge in [0.25, 0.3) is 0 Å². The molecular weight excluding hydrogens is 216 g/mol. The van der Waals surface area contributed by atoms with Crippen LogP contribution in [0.2, 0.25) is 0 Å². The molecule has 0 spiro atoms. The largest absolute Gasteiger partial charge is 0.466 e. The molecule has 0 aliphatic carbocycles. The van der Waals surface area contributed by atoms with Crippen molar-refractivity contribution in [3.63, 3.8) is 0 Å². The Balaban J connectivity index is 4.73. The molecule has 3 heteroatoms. The van der Waals surface area contributed by atoms with Crippen LogP contribution in [0.3, 0.4) is 0 Å². The van der Waals surface area contributed by atoms with Gasteiger partial charge in [0, 0.05) is 11.8 Å². The van der Waals surface area contributed by atoms with Crippen LogP contribution in [0.5, 0.6) is 0 Å². The lowest BCUT2D eigenvalue weighted by Crippen LogP contribution is -2.30. The van der Waals surface area contributed by atoms with Gasteiger partial charge in [-0.2, -0.15) is 0 Å². The van der Waals surface area contributed by atoms with Crippen LogP contribution < -0.4 is 0 Å². The van der Waals surface area contributed by atoms with Gasteiger partial charge in [-0.25, -0.2) is 0 Å². The molecule has 0 aliphatic rings. The number of ketones is 1. The van der Waals surface area contributed by atoms with Crippen molar-refractivity contribution in [2.75, 3.05) is 6.61 Å². The van der Waals surface area contributed by atoms with Gasteiger partial charge in [-0.15, -0.1) is 6.58 Å². The highest BCUT2D eigenvalue weighted by Gasteiger charge is 2.31. The predicted molar refractivity (Wildman–Crippen MR) is 68.6 cm³/mol. The number of carbonyl (C=O) groups is 2. The Hall–Kier alpha value is -1.12. The molecule has 17 heavy (non-hydrogen) atoms. The second-order valence-corrected chi connectivity index (χ2v) is 5.16. The van der Waals surface area contributed by atoms with Crippen LogP contribution >= 0.6 is 0 Å². The Kier molecular flexibility index (Phi) is 6.14. The third-order valence-electron chi connectivity index (χ3n) is 3.03. The zero-order valence-corrected chi connectivity index (χ0v) is 11.6. The summed E-state index contributed by atoms with van der Waals surface area (Å²) in [4.78, 5) is 23.8. The minimum absolute atomic E-state index is 0.0271. The summed E-state index contributed by atoms with van der Waals surface area (Å²) >= 11 is 0. The summed E-state index contributed by atoms with van der Waals surface area (Å²) in [5.41, 5.74) is -0.584. The van der Waals surface area contributed by atoms with E-state index in [1.165, 1.54) is 0 Å². The maximum atomic E-state index is 12.0. The molecule has 1 atom stereocenters. The molecule has 0 bridgehead atoms. The lowest BCUT2D eigenvalue weighted by molar-refractivity contribution is -0.151. The summed E-state index contributed by atoms with van der Waals surface area (Å²) in [6.45, 7) is 13.2. The minimum atomic E-state index is -0.584. The van der Waals surface area contributed by atoms with Crippen molar-refractivity contribution in [2.45, 2.75) is 41.0 Å². The fourth-order valence-electron chi connectivity index (χ4n) is 1.42. The highest BCUT2D eigenvalue weighted by Crippen LogP contribution is 2.26. The summed E-state index contributed by atoms with van der Waals surface area (Å²) < 4.78 is 5.00. The maximum absolute atomic E-state index is 12.0. The number of allylic oxidation sites excluding steroid dienone is 1. The number of hydrogen-bond donors (Lipinski definition) is 0. The van der Waals surface area contributed by atoms with E-state index in [2.05, 4.69) is 6.58 Å². The number of ether oxygens (including phenoxy) is 1. The van der Waals surface area contributed by atoms with Gasteiger partial charge < -0.3 is 4.74 Å². The van der Waals surface area contributed by atoms with Crippen molar-refractivity contribution in [3.8, 4) is 0 Å². The molecule has 98 valence electrons. The fraction of sp³-hybridized carbons (Fsp3) is 0.714. The fourth-order valence-corrected chi connectivity index (χ4v) is 1.42. The molecule has 0 N–H and O–H groups in total. The first-order valence-electron chi connectivity index (χ1n) is 6.09. The first kappa shape index (κ1) is 15.9. The standard InChI is InChI=1S/C14H24O3/c1-7-14(5,6)12(15)9-11(10(3)4)13(16)17-8-2/h7,10-11H,1,8-9H2,2-6H3. The van der Waals surface area contributed by atoms with E-state index in [-0.39, 0.29) is 30.0 Å². The van der Waals surface area contributed by atoms with Crippen molar-refractivity contribution < 1.29 is 14.3 Å². The molecule has 0 amide bonds. The van der Waals surface area contributed by atoms with E-state index in [1.807, 2.05) is 27.7 Å². The van der Waals surface area contributed by atoms with Crippen molar-refractivity contribution in [1.29, 1.82) is 0 Å². The van der Waals surface area contributed by atoms with Gasteiger partial charge in [-0.1, -0.05) is 19.9 Å². The van der Waals surface area contributed by atoms with Crippen LogP contribution in [0.15, 0.2) is 12.7 Å². The van der Waals surface area contributed by atoms with Crippen LogP contribution in [0.25, 0.3) is 0 Å². The predicted octanol–water partition coefficient (Wildman–Crippen LogP) is 2.99. The van der Waals surface area contributed by atoms with Crippen LogP contribution in [0.1, 0.15) is 41.0 Å². The van der Waals surface area contributed by atoms with Crippen LogP contribution in [-0.2, 0) is 14.3 Å². The summed E-state index contributed by atoms with van der Waals surface area (Å²) in [6.07, 6.45) is 1.84. The maximum Gasteiger partial charge on any atom is 0.309 e. The molecule has 0 aromatic carbocycles. The van der Waals surface area contributed by atoms with E-state index in [9.17, 15) is 9.59 Å². The van der Waals surface area contributed by atoms with E-state index in [0.717, 1.165) is 0 Å². The highest BCUT2D eigenvalue weighted by atomic mass is 16.5. The van der Waals surface area contributed by atoms with Gasteiger partial charge in [0.2, 0.25) is 0 Å². The average molecular weight is 240 g/mol. The van der Waals surface area contributed by atoms with Crippen LogP contribution in [0, 0.1) is 17.3 Å². The van der Waals surface area contributed by atoms with Crippen molar-refractivity contribution in [2.24, 2.45) is 17.3 Å². The van der Waals surface area contributed by atoms with E-state index in [0.29, 0.717) is 6.61 Å². The Morgan fingerprint density at radius 3 is 2.24 bits per heavy atom. The number of hydrogen-bond acceptors (Lipinski definition) is 3. The molecule has 0 fully saturated rings. The molecule has 0 heterocycles. The second-order valence-electron chi connectivity index (χ2n) is 5.16. The lowest BCUT2D eigenvalue weighted by Gasteiger charge is -2.23. The van der Waals surface area contributed by atoms with Crippen LogP contribution in [0.4, 0.5) is 0 Å². The molecule has 0 saturated carbocycles. The molecule has 0 aliphatic heterocycles. The van der Waals surface area contributed by atoms with Crippen molar-refractivity contribution in [1.82, 2.24) is 0 Å². The van der Waals surface area contributed by atoms with Gasteiger partial charge in [-0.3, -0.25) is 9.59 Å². The minimum Gasteiger partial charge on any atom is -0.466 e. The molecule has 0 radical (unpaired) electrons. The van der Waals surface area contributed by atoms with Gasteiger partial charge in [0.05, 0.1) is 12.5 Å². The Morgan fingerprint density at radius 2 is 1.88 bits per heavy atom. The van der Waals surface area contributed by atoms with Gasteiger partial charge in [0.15, 0.2) is 0 Å². The van der Waals surface area contributed by atoms with E-state index < -0.39 is 5.41 Å². The van der Waals surface area contributed by atoms with Gasteiger partial charge >= 0.3 is 5.97 Å². The van der Waals surface area contributed by atoms with Crippen LogP contribution in [-0.4, -0.2) is 18.4 Å². The first-order valence-corrected chi connectivity index (χ1v) is 6.09. The Bertz CT molecular complexity index is 290. The van der Waals surface area contributed by atoms with E-state index >= 15 is 0 Å². The normalized spacial score (nSPS) is 13.3. The molecule has 1 unspecified atom stereocenters. The topological polar surface area (TPSA) is 43.4 Å². The summed E-state index contributed by atoms with van der Waals surface area (Å²) in [6, 6.07) is 0. The zero-order valence-electron chi connectivity index (χ0n) is 11.6. The van der Waals surface area contributed by atoms with Gasteiger partial charge in [0.1, 0.15) is 5.78 Å². The number of Topliss-reactive ketones (excluding diaryl/α,β-unsaturated/α-hetero) is 1. The smallest absolute Gasteiger partial charge is 0.309 e. The molecular formula is C14H24O3. The third-order valence-corrected chi connectivity index (χ3v) is 3.03. The highest BCUT2D eigenvalue weighted by molar-refractivity contribution is 5.89. The summed E-state index contributed by atoms with van der Waals surface area (Å²) in [7, 11) is 0. The Labute approximate surface area is 104 Å². The third kappa shape index (κ3) is 4.72. The quantitative estimate of drug-likeness (QED) is 0.507. The number of esters is 1. The molecule has 0 saturated heterocycles.